The number of aliphatic imine (C=N–C) groups is 1. The number of rotatable bonds is 2. The fourth-order valence-electron chi connectivity index (χ4n) is 1.19. The summed E-state index contributed by atoms with van der Waals surface area (Å²) in [5.74, 6) is 0.409. The molecule has 1 aromatic heterocycles. The summed E-state index contributed by atoms with van der Waals surface area (Å²) in [5.41, 5.74) is 3.82. The highest BCUT2D eigenvalue weighted by molar-refractivity contribution is 5.97. The van der Waals surface area contributed by atoms with Crippen LogP contribution in [0.15, 0.2) is 11.2 Å². The first-order valence-electron chi connectivity index (χ1n) is 4.83. The number of nitrogens with zero attached hydrogens (tertiary/aromatic N) is 3. The predicted octanol–water partition coefficient (Wildman–Crippen LogP) is 2.35. The van der Waals surface area contributed by atoms with Crippen molar-refractivity contribution in [2.45, 2.75) is 33.6 Å². The van der Waals surface area contributed by atoms with E-state index >= 15 is 0 Å². The minimum atomic E-state index is 0.409. The maximum atomic E-state index is 4.55. The molecule has 0 bridgehead atoms. The number of aryl methyl sites for hydroxylation is 1. The number of hydrogen-bond donors (Lipinski definition) is 0. The third-order valence-electron chi connectivity index (χ3n) is 2.24. The van der Waals surface area contributed by atoms with Crippen LogP contribution in [0.4, 0.5) is 0 Å². The molecule has 0 fully saturated rings. The Morgan fingerprint density at radius 2 is 2.07 bits per heavy atom. The smallest absolute Gasteiger partial charge is 0.105 e. The average Bonchev–Trinajstić information content (AvgIpc) is 2.17. The third-order valence-corrected chi connectivity index (χ3v) is 2.24. The Hall–Kier alpha value is -1.25. The van der Waals surface area contributed by atoms with Gasteiger partial charge < -0.3 is 0 Å². The SMILES string of the molecule is CN=C(C)c1nc(C(C)C)cnc1C. The first-order valence-corrected chi connectivity index (χ1v) is 4.83. The zero-order valence-electron chi connectivity index (χ0n) is 9.50. The fraction of sp³-hybridized carbons (Fsp3) is 0.545. The van der Waals surface area contributed by atoms with E-state index in [1.165, 1.54) is 0 Å². The van der Waals surface area contributed by atoms with Gasteiger partial charge in [-0.1, -0.05) is 13.8 Å². The van der Waals surface area contributed by atoms with E-state index in [1.54, 1.807) is 7.05 Å². The van der Waals surface area contributed by atoms with Gasteiger partial charge in [-0.25, -0.2) is 4.98 Å². The van der Waals surface area contributed by atoms with Crippen molar-refractivity contribution in [3.05, 3.63) is 23.3 Å². The van der Waals surface area contributed by atoms with Gasteiger partial charge in [-0.05, 0) is 19.8 Å². The summed E-state index contributed by atoms with van der Waals surface area (Å²) < 4.78 is 0. The van der Waals surface area contributed by atoms with Crippen LogP contribution in [0.2, 0.25) is 0 Å². The average molecular weight is 191 g/mol. The minimum absolute atomic E-state index is 0.409. The molecule has 0 aromatic carbocycles. The Bertz CT molecular complexity index is 354. The molecule has 76 valence electrons. The van der Waals surface area contributed by atoms with Gasteiger partial charge in [0.1, 0.15) is 5.69 Å². The molecular formula is C11H17N3. The molecule has 3 nitrogen and oxygen atoms in total. The Kier molecular flexibility index (Phi) is 3.33. The number of aromatic nitrogens is 2. The van der Waals surface area contributed by atoms with Gasteiger partial charge in [0.05, 0.1) is 17.1 Å². The van der Waals surface area contributed by atoms with E-state index in [0.717, 1.165) is 22.8 Å². The molecule has 0 aliphatic carbocycles. The molecule has 0 radical (unpaired) electrons. The lowest BCUT2D eigenvalue weighted by Gasteiger charge is -2.08. The lowest BCUT2D eigenvalue weighted by atomic mass is 10.1. The summed E-state index contributed by atoms with van der Waals surface area (Å²) in [6.45, 7) is 8.14. The van der Waals surface area contributed by atoms with Gasteiger partial charge in [-0.2, -0.15) is 0 Å². The zero-order valence-corrected chi connectivity index (χ0v) is 9.50. The Morgan fingerprint density at radius 3 is 2.57 bits per heavy atom. The van der Waals surface area contributed by atoms with E-state index in [0.29, 0.717) is 5.92 Å². The van der Waals surface area contributed by atoms with Crippen molar-refractivity contribution in [1.29, 1.82) is 0 Å². The van der Waals surface area contributed by atoms with Crippen LogP contribution >= 0.6 is 0 Å². The summed E-state index contributed by atoms with van der Waals surface area (Å²) in [7, 11) is 1.78. The standard InChI is InChI=1S/C11H17N3/c1-7(2)10-6-13-9(4)11(14-10)8(3)12-5/h6-7H,1-5H3. The fourth-order valence-corrected chi connectivity index (χ4v) is 1.19. The molecule has 14 heavy (non-hydrogen) atoms. The van der Waals surface area contributed by atoms with Gasteiger partial charge in [0.15, 0.2) is 0 Å². The van der Waals surface area contributed by atoms with Crippen molar-refractivity contribution in [3.63, 3.8) is 0 Å². The van der Waals surface area contributed by atoms with Crippen LogP contribution in [0.3, 0.4) is 0 Å². The summed E-state index contributed by atoms with van der Waals surface area (Å²) in [6, 6.07) is 0. The van der Waals surface area contributed by atoms with E-state index in [-0.39, 0.29) is 0 Å². The second-order valence-corrected chi connectivity index (χ2v) is 3.69. The molecule has 0 aliphatic heterocycles. The van der Waals surface area contributed by atoms with Crippen molar-refractivity contribution in [1.82, 2.24) is 9.97 Å². The molecule has 0 amide bonds. The van der Waals surface area contributed by atoms with Gasteiger partial charge >= 0.3 is 0 Å². The van der Waals surface area contributed by atoms with Crippen molar-refractivity contribution in [2.75, 3.05) is 7.05 Å². The van der Waals surface area contributed by atoms with Gasteiger partial charge in [-0.3, -0.25) is 9.98 Å². The van der Waals surface area contributed by atoms with Crippen molar-refractivity contribution in [3.8, 4) is 0 Å². The second kappa shape index (κ2) is 4.31. The molecule has 3 heteroatoms. The van der Waals surface area contributed by atoms with E-state index in [9.17, 15) is 0 Å². The van der Waals surface area contributed by atoms with Gasteiger partial charge in [0, 0.05) is 13.2 Å². The Labute approximate surface area is 85.3 Å². The van der Waals surface area contributed by atoms with Crippen LogP contribution in [0, 0.1) is 6.92 Å². The molecule has 0 aliphatic rings. The largest absolute Gasteiger partial charge is 0.291 e. The first kappa shape index (κ1) is 10.8. The quantitative estimate of drug-likeness (QED) is 0.673. The van der Waals surface area contributed by atoms with Crippen LogP contribution < -0.4 is 0 Å². The van der Waals surface area contributed by atoms with Gasteiger partial charge in [0.2, 0.25) is 0 Å². The minimum Gasteiger partial charge on any atom is -0.291 e. The molecule has 0 unspecified atom stereocenters. The molecule has 0 N–H and O–H groups in total. The van der Waals surface area contributed by atoms with E-state index < -0.39 is 0 Å². The van der Waals surface area contributed by atoms with Gasteiger partial charge in [-0.15, -0.1) is 0 Å². The lowest BCUT2D eigenvalue weighted by molar-refractivity contribution is 0.804. The van der Waals surface area contributed by atoms with Crippen molar-refractivity contribution >= 4 is 5.71 Å². The van der Waals surface area contributed by atoms with Gasteiger partial charge in [0.25, 0.3) is 0 Å². The normalized spacial score (nSPS) is 12.3. The highest BCUT2D eigenvalue weighted by atomic mass is 14.8. The first-order chi connectivity index (χ1) is 6.56. The second-order valence-electron chi connectivity index (χ2n) is 3.69. The molecule has 0 saturated carbocycles. The maximum absolute atomic E-state index is 4.55. The molecule has 1 heterocycles. The molecule has 0 saturated heterocycles. The highest BCUT2D eigenvalue weighted by Gasteiger charge is 2.08. The van der Waals surface area contributed by atoms with E-state index in [2.05, 4.69) is 28.8 Å². The predicted molar refractivity (Wildman–Crippen MR) is 59.0 cm³/mol. The number of hydrogen-bond acceptors (Lipinski definition) is 3. The summed E-state index contributed by atoms with van der Waals surface area (Å²) in [6.07, 6.45) is 1.84. The Morgan fingerprint density at radius 1 is 1.43 bits per heavy atom. The van der Waals surface area contributed by atoms with E-state index in [4.69, 9.17) is 0 Å². The molecular weight excluding hydrogens is 174 g/mol. The topological polar surface area (TPSA) is 38.1 Å². The summed E-state index contributed by atoms with van der Waals surface area (Å²) in [5, 5.41) is 0. The van der Waals surface area contributed by atoms with Crippen molar-refractivity contribution in [2.24, 2.45) is 4.99 Å². The molecule has 0 atom stereocenters. The maximum Gasteiger partial charge on any atom is 0.105 e. The molecule has 0 spiro atoms. The summed E-state index contributed by atoms with van der Waals surface area (Å²) in [4.78, 5) is 13.0. The zero-order chi connectivity index (χ0) is 10.7. The summed E-state index contributed by atoms with van der Waals surface area (Å²) >= 11 is 0. The van der Waals surface area contributed by atoms with Crippen LogP contribution in [-0.4, -0.2) is 22.7 Å². The monoisotopic (exact) mass is 191 g/mol. The Balaban J connectivity index is 3.22. The van der Waals surface area contributed by atoms with Crippen LogP contribution in [0.1, 0.15) is 43.8 Å². The van der Waals surface area contributed by atoms with Crippen molar-refractivity contribution < 1.29 is 0 Å². The lowest BCUT2D eigenvalue weighted by Crippen LogP contribution is -2.07. The highest BCUT2D eigenvalue weighted by Crippen LogP contribution is 2.12. The van der Waals surface area contributed by atoms with Crippen LogP contribution in [0.5, 0.6) is 0 Å². The van der Waals surface area contributed by atoms with Crippen LogP contribution in [-0.2, 0) is 0 Å². The van der Waals surface area contributed by atoms with E-state index in [1.807, 2.05) is 20.0 Å². The molecule has 1 rings (SSSR count). The molecule has 1 aromatic rings. The third kappa shape index (κ3) is 2.16. The van der Waals surface area contributed by atoms with Crippen LogP contribution in [0.25, 0.3) is 0 Å².